The van der Waals surface area contributed by atoms with Gasteiger partial charge in [0.1, 0.15) is 60.4 Å². The van der Waals surface area contributed by atoms with E-state index < -0.39 is 185 Å². The Morgan fingerprint density at radius 1 is 0.807 bits per heavy atom. The number of hydrogen-bond donors (Lipinski definition) is 9. The molecule has 3 fully saturated rings. The van der Waals surface area contributed by atoms with Crippen molar-refractivity contribution in [3.05, 3.63) is 113 Å². The maximum Gasteiger partial charge on any atom is 0.410 e. The minimum atomic E-state index is -2.44. The second-order valence-corrected chi connectivity index (χ2v) is 29.5. The van der Waals surface area contributed by atoms with Gasteiger partial charge in [-0.3, -0.25) is 28.8 Å². The fraction of sp³-hybridized carbons (Fsp3) is 0.579. The molecule has 2 saturated carbocycles. The highest BCUT2D eigenvalue weighted by molar-refractivity contribution is 5.99. The average molecular weight is 1530 g/mol. The Labute approximate surface area is 632 Å². The zero-order valence-electron chi connectivity index (χ0n) is 63.8. The smallest absolute Gasteiger partial charge is 0.410 e. The summed E-state index contributed by atoms with van der Waals surface area (Å²) in [6, 6.07) is 17.1. The fourth-order valence-electron chi connectivity index (χ4n) is 14.6. The van der Waals surface area contributed by atoms with E-state index in [-0.39, 0.29) is 106 Å². The number of urea groups is 1. The summed E-state index contributed by atoms with van der Waals surface area (Å²) in [5.41, 5.74) is -2.30. The summed E-state index contributed by atoms with van der Waals surface area (Å²) in [5, 5.41) is 46.0. The van der Waals surface area contributed by atoms with Gasteiger partial charge < -0.3 is 105 Å². The van der Waals surface area contributed by atoms with Crippen molar-refractivity contribution in [2.75, 3.05) is 79.2 Å². The summed E-state index contributed by atoms with van der Waals surface area (Å²) in [6.07, 6.45) is -13.6. The van der Waals surface area contributed by atoms with Crippen LogP contribution in [0, 0.1) is 22.7 Å². The number of amides is 8. The third-order valence-corrected chi connectivity index (χ3v) is 20.3. The molecule has 0 radical (unpaired) electrons. The first kappa shape index (κ1) is 86.4. The number of nitrogens with two attached hydrogens (primary N) is 1. The lowest BCUT2D eigenvalue weighted by molar-refractivity contribution is -0.347. The number of nitrogens with one attached hydrogen (secondary N) is 5. The van der Waals surface area contributed by atoms with Gasteiger partial charge >= 0.3 is 48.2 Å². The van der Waals surface area contributed by atoms with E-state index in [0.717, 1.165) is 9.80 Å². The summed E-state index contributed by atoms with van der Waals surface area (Å²) in [6.45, 7) is 13.5. The Hall–Kier alpha value is -9.80. The van der Waals surface area contributed by atoms with Crippen LogP contribution < -0.4 is 32.3 Å². The molecule has 4 aliphatic rings. The highest BCUT2D eigenvalue weighted by Gasteiger charge is 2.78. The normalized spacial score (nSPS) is 23.6. The molecule has 109 heavy (non-hydrogen) atoms. The number of likely N-dealkylation sites (N-methyl/N-ethyl adjacent to an activating group) is 1. The number of carboxylic acid groups (broad SMARTS) is 1. The predicted molar refractivity (Wildman–Crippen MR) is 387 cm³/mol. The Morgan fingerprint density at radius 2 is 1.47 bits per heavy atom. The van der Waals surface area contributed by atoms with Gasteiger partial charge in [0.2, 0.25) is 23.8 Å². The van der Waals surface area contributed by atoms with Gasteiger partial charge in [0, 0.05) is 84.7 Å². The SMILES string of the molecule is CO[C@H]1C(=O)[C@]2(C)[C@@H](OC)C[C@H]3OC[C@@]3(OC(C)=O)[C@H]2[C@H](OC(=O)c2ccccc2)[C@]2(O)C[C@H](OC(=O)[C@H](OC(=O)N(CCOCCO)CCN(C)C(=O)OCc3ccc(NC(=O)[C@H](CCCNC(N)=O)NC(=O)[C@@H](NC(=O)CCC(=O)O)C(C)C)cc3)[C@@H](NC(=O)OC(C)(C)C)c3ccccc3)C(C)=C1C2(C)C. The molecule has 2 bridgehead atoms. The maximum absolute atomic E-state index is 16.1. The number of alkyl carbamates (subject to hydrolysis) is 1. The topological polar surface area (TPSA) is 450 Å². The number of anilines is 1. The molecule has 0 aromatic heterocycles. The molecule has 0 spiro atoms. The van der Waals surface area contributed by atoms with Crippen LogP contribution in [0.25, 0.3) is 0 Å². The van der Waals surface area contributed by atoms with Gasteiger partial charge in [-0.1, -0.05) is 88.4 Å². The van der Waals surface area contributed by atoms with Gasteiger partial charge in [-0.15, -0.1) is 0 Å². The van der Waals surface area contributed by atoms with E-state index in [9.17, 15) is 53.4 Å². The van der Waals surface area contributed by atoms with Crippen molar-refractivity contribution in [2.45, 2.75) is 186 Å². The van der Waals surface area contributed by atoms with E-state index in [4.69, 9.17) is 58.2 Å². The molecule has 13 atom stereocenters. The molecule has 1 heterocycles. The minimum Gasteiger partial charge on any atom is -0.481 e. The number of carboxylic acids is 1. The van der Waals surface area contributed by atoms with E-state index in [1.165, 1.54) is 64.6 Å². The number of aliphatic hydroxyl groups is 2. The number of nitrogens with zero attached hydrogens (tertiary/aromatic N) is 2. The first-order chi connectivity index (χ1) is 51.4. The number of ether oxygens (including phenoxy) is 10. The Bertz CT molecular complexity index is 3780. The number of benzene rings is 3. The van der Waals surface area contributed by atoms with Crippen molar-refractivity contribution in [1.29, 1.82) is 0 Å². The van der Waals surface area contributed by atoms with Crippen molar-refractivity contribution in [3.8, 4) is 0 Å². The number of aliphatic carboxylic acids is 1. The molecule has 8 amide bonds. The van der Waals surface area contributed by atoms with Gasteiger partial charge in [0.25, 0.3) is 0 Å². The molecule has 33 nitrogen and oxygen atoms in total. The van der Waals surface area contributed by atoms with Crippen molar-refractivity contribution in [3.63, 3.8) is 0 Å². The summed E-state index contributed by atoms with van der Waals surface area (Å²) < 4.78 is 61.2. The maximum atomic E-state index is 16.1. The Kier molecular flexibility index (Phi) is 29.8. The van der Waals surface area contributed by atoms with Crippen LogP contribution in [0.3, 0.4) is 0 Å². The van der Waals surface area contributed by atoms with E-state index in [1.807, 2.05) is 0 Å². The van der Waals surface area contributed by atoms with Gasteiger partial charge in [-0.25, -0.2) is 28.8 Å². The van der Waals surface area contributed by atoms with E-state index >= 15 is 14.4 Å². The molecular formula is C76H104N8O25. The molecule has 3 aliphatic carbocycles. The highest BCUT2D eigenvalue weighted by atomic mass is 16.6. The van der Waals surface area contributed by atoms with Crippen molar-refractivity contribution >= 4 is 77.4 Å². The molecule has 0 unspecified atom stereocenters. The van der Waals surface area contributed by atoms with Crippen LogP contribution in [0.15, 0.2) is 96.1 Å². The molecular weight excluding hydrogens is 1420 g/mol. The van der Waals surface area contributed by atoms with Crippen LogP contribution in [0.1, 0.15) is 135 Å². The third-order valence-electron chi connectivity index (χ3n) is 20.3. The van der Waals surface area contributed by atoms with E-state index in [2.05, 4.69) is 26.6 Å². The monoisotopic (exact) mass is 1530 g/mol. The van der Waals surface area contributed by atoms with Gasteiger partial charge in [0.15, 0.2) is 11.4 Å². The van der Waals surface area contributed by atoms with Gasteiger partial charge in [0.05, 0.1) is 55.8 Å². The Morgan fingerprint density at radius 3 is 2.05 bits per heavy atom. The highest BCUT2D eigenvalue weighted by Crippen LogP contribution is 2.65. The minimum absolute atomic E-state index is 0.00960. The molecule has 7 rings (SSSR count). The summed E-state index contributed by atoms with van der Waals surface area (Å²) in [5.74, 6) is -8.89. The zero-order chi connectivity index (χ0) is 80.5. The van der Waals surface area contributed by atoms with Crippen LogP contribution in [-0.4, -0.2) is 236 Å². The second-order valence-electron chi connectivity index (χ2n) is 29.5. The molecule has 598 valence electrons. The second kappa shape index (κ2) is 37.5. The van der Waals surface area contributed by atoms with Crippen molar-refractivity contribution < 1.29 is 120 Å². The van der Waals surface area contributed by atoms with E-state index in [1.54, 1.807) is 111 Å². The fourth-order valence-corrected chi connectivity index (χ4v) is 14.6. The standard InChI is InChI=1S/C76H104N8O25/c1-43(2)57(81-54(87)30-31-55(88)89)65(92)80-50(25-20-32-78-68(77)95)64(91)79-49-28-26-46(27-29-49)41-103-70(97)83(11)33-34-84(35-37-102-38-36-85)71(98)106-60(58(47-21-16-14-17-22-47)82-69(96)109-72(5,6)7)67(94)105-51-40-76(99)63(107-66(93)48-23-18-15-19-24-48)61-74(10,62(90)59(101-13)56(44(51)3)73(76,8)9)52(100-12)39-53-75(61,42-104-53)108-45(4)86/h14-19,21-24,26-29,43,50-53,57-61,63,85,99H,20,25,30-42H2,1-13H3,(H,79,91)(H,80,92)(H,81,87)(H,82,96)(H,88,89)(H3,77,78,95)/t50-,51-,52-,53+,57-,58-,59+,60+,61-,63-,74+,75-,76+/m0/s1. The number of aliphatic hydroxyl groups excluding tert-OH is 1. The lowest BCUT2D eigenvalue weighted by atomic mass is 9.44. The number of methoxy groups -OCH3 is 2. The molecule has 1 aliphatic heterocycles. The lowest BCUT2D eigenvalue weighted by Crippen LogP contribution is -2.82. The third kappa shape index (κ3) is 21.0. The van der Waals surface area contributed by atoms with Crippen molar-refractivity contribution in [1.82, 2.24) is 31.1 Å². The van der Waals surface area contributed by atoms with Crippen LogP contribution in [0.5, 0.6) is 0 Å². The lowest BCUT2D eigenvalue weighted by Gasteiger charge is -2.67. The summed E-state index contributed by atoms with van der Waals surface area (Å²) in [4.78, 5) is 168. The average Bonchev–Trinajstić information content (AvgIpc) is 0.668. The number of carbonyl (C=O) groups excluding carboxylic acids is 11. The van der Waals surface area contributed by atoms with Crippen molar-refractivity contribution in [2.24, 2.45) is 28.4 Å². The van der Waals surface area contributed by atoms with Gasteiger partial charge in [-0.2, -0.15) is 0 Å². The number of fused-ring (bicyclic) bond motifs is 5. The number of rotatable bonds is 34. The van der Waals surface area contributed by atoms with Crippen LogP contribution in [0.2, 0.25) is 0 Å². The van der Waals surface area contributed by atoms with Gasteiger partial charge in [-0.05, 0) is 99.9 Å². The van der Waals surface area contributed by atoms with Crippen LogP contribution in [0.4, 0.5) is 24.9 Å². The predicted octanol–water partition coefficient (Wildman–Crippen LogP) is 5.17. The van der Waals surface area contributed by atoms with E-state index in [0.29, 0.717) is 5.56 Å². The summed E-state index contributed by atoms with van der Waals surface area (Å²) in [7, 11) is 4.06. The van der Waals surface area contributed by atoms with Crippen LogP contribution >= 0.6 is 0 Å². The molecule has 10 N–H and O–H groups in total. The molecule has 3 aromatic rings. The number of primary amides is 1. The summed E-state index contributed by atoms with van der Waals surface area (Å²) >= 11 is 0. The Balaban J connectivity index is 1.18. The van der Waals surface area contributed by atoms with Crippen LogP contribution in [-0.2, 0) is 87.5 Å². The number of ketones is 1. The molecule has 3 aromatic carbocycles. The number of hydrogen-bond acceptors (Lipinski definition) is 24. The number of Topliss-reactive ketones (excluding diaryl/α,β-unsaturated/α-hetero) is 1. The largest absolute Gasteiger partial charge is 0.481 e. The molecule has 1 saturated heterocycles. The first-order valence-electron chi connectivity index (χ1n) is 36.0. The zero-order valence-corrected chi connectivity index (χ0v) is 63.8. The quantitative estimate of drug-likeness (QED) is 0.0161. The molecule has 33 heteroatoms. The number of carbonyl (C=O) groups is 12. The number of esters is 3. The first-order valence-corrected chi connectivity index (χ1v) is 36.0.